The summed E-state index contributed by atoms with van der Waals surface area (Å²) in [5.74, 6) is -1.75. The zero-order valence-electron chi connectivity index (χ0n) is 16.5. The molecule has 1 aromatic heterocycles. The Morgan fingerprint density at radius 3 is 2.75 bits per heavy atom. The molecule has 3 aromatic rings. The number of nitrogens with one attached hydrogen (secondary N) is 1. The number of aliphatic hydroxyl groups excluding tert-OH is 1. The molecule has 2 atom stereocenters. The number of nitrogens with zero attached hydrogens (tertiary/aromatic N) is 6. The smallest absolute Gasteiger partial charge is 0.276 e. The van der Waals surface area contributed by atoms with E-state index in [1.165, 1.54) is 29.4 Å². The zero-order chi connectivity index (χ0) is 22.7. The van der Waals surface area contributed by atoms with Crippen LogP contribution in [0.2, 0.25) is 5.02 Å². The van der Waals surface area contributed by atoms with E-state index in [0.717, 1.165) is 17.1 Å². The molecule has 2 amide bonds. The summed E-state index contributed by atoms with van der Waals surface area (Å²) in [5.41, 5.74) is 1.48. The van der Waals surface area contributed by atoms with E-state index in [1.54, 1.807) is 18.2 Å². The monoisotopic (exact) mass is 457 g/mol. The van der Waals surface area contributed by atoms with Gasteiger partial charge in [-0.15, -0.1) is 5.10 Å². The predicted molar refractivity (Wildman–Crippen MR) is 111 cm³/mol. The molecule has 10 nitrogen and oxygen atoms in total. The Balaban J connectivity index is 1.45. The van der Waals surface area contributed by atoms with Gasteiger partial charge < -0.3 is 10.4 Å². The molecule has 0 fully saturated rings. The fourth-order valence-corrected chi connectivity index (χ4v) is 3.44. The summed E-state index contributed by atoms with van der Waals surface area (Å²) in [6.45, 7) is 0.0909. The molecule has 12 heteroatoms. The van der Waals surface area contributed by atoms with E-state index in [-0.39, 0.29) is 18.5 Å². The van der Waals surface area contributed by atoms with Crippen molar-refractivity contribution in [1.82, 2.24) is 30.5 Å². The van der Waals surface area contributed by atoms with Crippen LogP contribution in [0.5, 0.6) is 0 Å². The van der Waals surface area contributed by atoms with Gasteiger partial charge in [0.1, 0.15) is 18.2 Å². The number of aliphatic hydroxyl groups is 1. The maximum atomic E-state index is 13.1. The Labute approximate surface area is 186 Å². The first-order valence-corrected chi connectivity index (χ1v) is 9.90. The molecule has 0 saturated carbocycles. The second-order valence-electron chi connectivity index (χ2n) is 6.93. The topological polar surface area (TPSA) is 126 Å². The SMILES string of the molecule is O=C(NCc1cc(Cl)ccc1-n1cnnn1)[C@@H]1CC=NN1C(=O)[C@@H](O)c1ccc(F)cc1. The molecule has 2 N–H and O–H groups in total. The van der Waals surface area contributed by atoms with Crippen molar-refractivity contribution in [2.24, 2.45) is 5.10 Å². The Morgan fingerprint density at radius 2 is 2.03 bits per heavy atom. The second-order valence-corrected chi connectivity index (χ2v) is 7.37. The van der Waals surface area contributed by atoms with Gasteiger partial charge in [0.05, 0.1) is 5.69 Å². The van der Waals surface area contributed by atoms with E-state index in [1.807, 2.05) is 0 Å². The minimum absolute atomic E-state index is 0.0909. The summed E-state index contributed by atoms with van der Waals surface area (Å²) in [6, 6.07) is 8.99. The van der Waals surface area contributed by atoms with Gasteiger partial charge in [-0.1, -0.05) is 23.7 Å². The molecule has 164 valence electrons. The van der Waals surface area contributed by atoms with Gasteiger partial charge in [-0.05, 0) is 51.9 Å². The van der Waals surface area contributed by atoms with Crippen LogP contribution >= 0.6 is 11.6 Å². The van der Waals surface area contributed by atoms with E-state index in [0.29, 0.717) is 16.3 Å². The molecule has 0 spiro atoms. The molecule has 2 heterocycles. The molecule has 32 heavy (non-hydrogen) atoms. The maximum absolute atomic E-state index is 13.1. The molecule has 1 aliphatic heterocycles. The molecule has 4 rings (SSSR count). The van der Waals surface area contributed by atoms with E-state index in [4.69, 9.17) is 11.6 Å². The van der Waals surface area contributed by atoms with Crippen LogP contribution in [0.3, 0.4) is 0 Å². The molecular formula is C20H17ClFN7O3. The normalized spacial score (nSPS) is 16.2. The van der Waals surface area contributed by atoms with E-state index < -0.39 is 29.8 Å². The maximum Gasteiger partial charge on any atom is 0.276 e. The number of hydrogen-bond donors (Lipinski definition) is 2. The summed E-state index contributed by atoms with van der Waals surface area (Å²) >= 11 is 6.09. The molecule has 2 aromatic carbocycles. The Kier molecular flexibility index (Phi) is 6.19. The standard InChI is InChI=1S/C20H17ClFN7O3/c21-14-3-6-16(28-11-24-26-27-28)13(9-14)10-23-19(31)17-7-8-25-29(17)20(32)18(30)12-1-4-15(22)5-2-12/h1-6,8-9,11,17-18,30H,7,10H2,(H,23,31)/t17-,18-/m0/s1. The highest BCUT2D eigenvalue weighted by atomic mass is 35.5. The van der Waals surface area contributed by atoms with Crippen LogP contribution < -0.4 is 5.32 Å². The minimum Gasteiger partial charge on any atom is -0.378 e. The van der Waals surface area contributed by atoms with Gasteiger partial charge in [0.2, 0.25) is 5.91 Å². The largest absolute Gasteiger partial charge is 0.378 e. The summed E-state index contributed by atoms with van der Waals surface area (Å²) in [5, 5.41) is 29.5. The fraction of sp³-hybridized carbons (Fsp3) is 0.200. The Morgan fingerprint density at radius 1 is 1.25 bits per heavy atom. The van der Waals surface area contributed by atoms with Crippen molar-refractivity contribution in [3.05, 3.63) is 70.8 Å². The van der Waals surface area contributed by atoms with Crippen molar-refractivity contribution in [3.8, 4) is 5.69 Å². The lowest BCUT2D eigenvalue weighted by molar-refractivity contribution is -0.146. The Bertz CT molecular complexity index is 1150. The number of tetrazole rings is 1. The van der Waals surface area contributed by atoms with Crippen molar-refractivity contribution in [3.63, 3.8) is 0 Å². The number of hydrazone groups is 1. The van der Waals surface area contributed by atoms with Crippen molar-refractivity contribution in [1.29, 1.82) is 0 Å². The number of rotatable bonds is 6. The fourth-order valence-electron chi connectivity index (χ4n) is 3.25. The lowest BCUT2D eigenvalue weighted by Crippen LogP contribution is -2.46. The number of carbonyl (C=O) groups is 2. The zero-order valence-corrected chi connectivity index (χ0v) is 17.2. The molecule has 0 aliphatic carbocycles. The van der Waals surface area contributed by atoms with Gasteiger partial charge >= 0.3 is 0 Å². The molecule has 1 aliphatic rings. The van der Waals surface area contributed by atoms with Gasteiger partial charge in [-0.3, -0.25) is 9.59 Å². The van der Waals surface area contributed by atoms with Gasteiger partial charge in [0.15, 0.2) is 6.10 Å². The number of benzene rings is 2. The lowest BCUT2D eigenvalue weighted by Gasteiger charge is -2.24. The van der Waals surface area contributed by atoms with E-state index >= 15 is 0 Å². The number of aromatic nitrogens is 4. The first-order valence-electron chi connectivity index (χ1n) is 9.52. The quantitative estimate of drug-likeness (QED) is 0.576. The average Bonchev–Trinajstić information content (AvgIpc) is 3.49. The third kappa shape index (κ3) is 4.48. The molecule has 0 radical (unpaired) electrons. The first-order chi connectivity index (χ1) is 15.4. The number of hydrogen-bond acceptors (Lipinski definition) is 7. The minimum atomic E-state index is -1.58. The van der Waals surface area contributed by atoms with Crippen LogP contribution in [0.1, 0.15) is 23.7 Å². The van der Waals surface area contributed by atoms with Crippen LogP contribution in [0.15, 0.2) is 53.9 Å². The molecule has 0 unspecified atom stereocenters. The predicted octanol–water partition coefficient (Wildman–Crippen LogP) is 1.39. The van der Waals surface area contributed by atoms with E-state index in [2.05, 4.69) is 25.9 Å². The number of carbonyl (C=O) groups excluding carboxylic acids is 2. The highest BCUT2D eigenvalue weighted by Gasteiger charge is 2.36. The summed E-state index contributed by atoms with van der Waals surface area (Å²) < 4.78 is 14.5. The van der Waals surface area contributed by atoms with Crippen LogP contribution in [0.4, 0.5) is 4.39 Å². The Hall–Kier alpha value is -3.70. The van der Waals surface area contributed by atoms with Gasteiger partial charge in [0.25, 0.3) is 5.91 Å². The van der Waals surface area contributed by atoms with Gasteiger partial charge in [-0.25, -0.2) is 14.1 Å². The number of amides is 2. The van der Waals surface area contributed by atoms with Crippen molar-refractivity contribution < 1.29 is 19.1 Å². The highest BCUT2D eigenvalue weighted by Crippen LogP contribution is 2.22. The highest BCUT2D eigenvalue weighted by molar-refractivity contribution is 6.30. The third-order valence-corrected chi connectivity index (χ3v) is 5.10. The van der Waals surface area contributed by atoms with Crippen LogP contribution in [0.25, 0.3) is 5.69 Å². The van der Waals surface area contributed by atoms with Crippen molar-refractivity contribution in [2.75, 3.05) is 0 Å². The van der Waals surface area contributed by atoms with Gasteiger partial charge in [0, 0.05) is 24.2 Å². The van der Waals surface area contributed by atoms with Crippen molar-refractivity contribution >= 4 is 29.6 Å². The van der Waals surface area contributed by atoms with Crippen molar-refractivity contribution in [2.45, 2.75) is 25.1 Å². The lowest BCUT2D eigenvalue weighted by atomic mass is 10.1. The molecular weight excluding hydrogens is 441 g/mol. The van der Waals surface area contributed by atoms with Crippen LogP contribution in [-0.4, -0.2) is 54.4 Å². The summed E-state index contributed by atoms with van der Waals surface area (Å²) in [6.07, 6.45) is 1.44. The summed E-state index contributed by atoms with van der Waals surface area (Å²) in [4.78, 5) is 25.5. The van der Waals surface area contributed by atoms with E-state index in [9.17, 15) is 19.1 Å². The molecule has 0 bridgehead atoms. The number of halogens is 2. The summed E-state index contributed by atoms with van der Waals surface area (Å²) in [7, 11) is 0. The second kappa shape index (κ2) is 9.20. The van der Waals surface area contributed by atoms with Crippen LogP contribution in [0, 0.1) is 5.82 Å². The average molecular weight is 458 g/mol. The third-order valence-electron chi connectivity index (χ3n) is 4.87. The van der Waals surface area contributed by atoms with Crippen LogP contribution in [-0.2, 0) is 16.1 Å². The molecule has 0 saturated heterocycles. The van der Waals surface area contributed by atoms with Gasteiger partial charge in [-0.2, -0.15) is 5.10 Å². The first kappa shape index (κ1) is 21.5.